The Kier molecular flexibility index (Phi) is 5.12. The van der Waals surface area contributed by atoms with E-state index in [1.807, 2.05) is 46.9 Å². The highest BCUT2D eigenvalue weighted by atomic mass is 32.2. The summed E-state index contributed by atoms with van der Waals surface area (Å²) in [6.07, 6.45) is 0. The second-order valence-electron chi connectivity index (χ2n) is 5.79. The van der Waals surface area contributed by atoms with Gasteiger partial charge in [0.15, 0.2) is 0 Å². The van der Waals surface area contributed by atoms with Crippen molar-refractivity contribution < 1.29 is 8.42 Å². The van der Waals surface area contributed by atoms with Gasteiger partial charge in [0, 0.05) is 12.6 Å². The fourth-order valence-electron chi connectivity index (χ4n) is 1.74. The van der Waals surface area contributed by atoms with Crippen molar-refractivity contribution in [3.05, 3.63) is 29.8 Å². The smallest absolute Gasteiger partial charge is 0.240 e. The van der Waals surface area contributed by atoms with Gasteiger partial charge in [-0.2, -0.15) is 0 Å². The van der Waals surface area contributed by atoms with Crippen LogP contribution in [-0.4, -0.2) is 28.1 Å². The van der Waals surface area contributed by atoms with Crippen molar-refractivity contribution in [3.63, 3.8) is 0 Å². The standard InChI is InChI=1S/C14H24N2O2S/c1-11(15-5)10-16-19(17,18)13-9-7-6-8-12(13)14(2,3)4/h6-9,11,15-16H,10H2,1-5H3. The molecule has 4 nitrogen and oxygen atoms in total. The normalized spacial score (nSPS) is 14.4. The van der Waals surface area contributed by atoms with Gasteiger partial charge < -0.3 is 5.32 Å². The lowest BCUT2D eigenvalue weighted by Gasteiger charge is -2.23. The number of benzene rings is 1. The van der Waals surface area contributed by atoms with E-state index >= 15 is 0 Å². The monoisotopic (exact) mass is 284 g/mol. The fourth-order valence-corrected chi connectivity index (χ4v) is 3.28. The summed E-state index contributed by atoms with van der Waals surface area (Å²) in [5.74, 6) is 0. The van der Waals surface area contributed by atoms with Crippen molar-refractivity contribution in [1.82, 2.24) is 10.0 Å². The summed E-state index contributed by atoms with van der Waals surface area (Å²) in [5.41, 5.74) is 0.625. The van der Waals surface area contributed by atoms with E-state index in [1.165, 1.54) is 0 Å². The van der Waals surface area contributed by atoms with E-state index in [9.17, 15) is 8.42 Å². The van der Waals surface area contributed by atoms with Crippen molar-refractivity contribution in [2.45, 2.75) is 44.0 Å². The Morgan fingerprint density at radius 2 is 1.79 bits per heavy atom. The zero-order chi connectivity index (χ0) is 14.7. The second kappa shape index (κ2) is 6.03. The predicted octanol–water partition coefficient (Wildman–Crippen LogP) is 1.87. The summed E-state index contributed by atoms with van der Waals surface area (Å²) < 4.78 is 27.4. The van der Waals surface area contributed by atoms with Crippen LogP contribution in [0.2, 0.25) is 0 Å². The van der Waals surface area contributed by atoms with Crippen LogP contribution < -0.4 is 10.0 Å². The van der Waals surface area contributed by atoms with Crippen LogP contribution in [0.4, 0.5) is 0 Å². The molecule has 1 unspecified atom stereocenters. The summed E-state index contributed by atoms with van der Waals surface area (Å²) in [6, 6.07) is 7.25. The quantitative estimate of drug-likeness (QED) is 0.868. The lowest BCUT2D eigenvalue weighted by atomic mass is 9.87. The van der Waals surface area contributed by atoms with Crippen LogP contribution >= 0.6 is 0 Å². The highest BCUT2D eigenvalue weighted by Gasteiger charge is 2.25. The first kappa shape index (κ1) is 16.1. The molecule has 2 N–H and O–H groups in total. The summed E-state index contributed by atoms with van der Waals surface area (Å²) in [4.78, 5) is 0.366. The summed E-state index contributed by atoms with van der Waals surface area (Å²) in [6.45, 7) is 8.34. The first-order valence-corrected chi connectivity index (χ1v) is 7.93. The van der Waals surface area contributed by atoms with Crippen molar-refractivity contribution in [3.8, 4) is 0 Å². The molecule has 0 saturated heterocycles. The van der Waals surface area contributed by atoms with Crippen LogP contribution in [0.1, 0.15) is 33.3 Å². The van der Waals surface area contributed by atoms with E-state index < -0.39 is 10.0 Å². The molecule has 19 heavy (non-hydrogen) atoms. The Labute approximate surface area is 116 Å². The van der Waals surface area contributed by atoms with Crippen LogP contribution in [0.5, 0.6) is 0 Å². The van der Waals surface area contributed by atoms with Gasteiger partial charge in [-0.15, -0.1) is 0 Å². The molecule has 0 radical (unpaired) electrons. The number of hydrogen-bond donors (Lipinski definition) is 2. The van der Waals surface area contributed by atoms with Gasteiger partial charge in [-0.3, -0.25) is 0 Å². The maximum atomic E-state index is 12.4. The number of nitrogens with one attached hydrogen (secondary N) is 2. The van der Waals surface area contributed by atoms with Gasteiger partial charge in [-0.1, -0.05) is 39.0 Å². The summed E-state index contributed by atoms with van der Waals surface area (Å²) in [7, 11) is -1.66. The van der Waals surface area contributed by atoms with Crippen molar-refractivity contribution in [2.24, 2.45) is 0 Å². The van der Waals surface area contributed by atoms with Gasteiger partial charge in [0.1, 0.15) is 0 Å². The highest BCUT2D eigenvalue weighted by molar-refractivity contribution is 7.89. The molecule has 0 fully saturated rings. The van der Waals surface area contributed by atoms with Crippen LogP contribution in [0, 0.1) is 0 Å². The van der Waals surface area contributed by atoms with Gasteiger partial charge in [0.05, 0.1) is 4.90 Å². The molecule has 5 heteroatoms. The van der Waals surface area contributed by atoms with Crippen molar-refractivity contribution >= 4 is 10.0 Å². The average molecular weight is 284 g/mol. The number of sulfonamides is 1. The first-order chi connectivity index (χ1) is 8.68. The number of likely N-dealkylation sites (N-methyl/N-ethyl adjacent to an activating group) is 1. The molecule has 0 bridgehead atoms. The zero-order valence-corrected chi connectivity index (χ0v) is 13.1. The third-order valence-corrected chi connectivity index (χ3v) is 4.54. The van der Waals surface area contributed by atoms with Gasteiger partial charge >= 0.3 is 0 Å². The fraction of sp³-hybridized carbons (Fsp3) is 0.571. The molecule has 0 spiro atoms. The predicted molar refractivity (Wildman–Crippen MR) is 78.9 cm³/mol. The van der Waals surface area contributed by atoms with Crippen LogP contribution in [0.3, 0.4) is 0 Å². The van der Waals surface area contributed by atoms with Crippen molar-refractivity contribution in [2.75, 3.05) is 13.6 Å². The van der Waals surface area contributed by atoms with Crippen LogP contribution in [0.15, 0.2) is 29.2 Å². The Bertz CT molecular complexity index is 518. The Morgan fingerprint density at radius 3 is 2.32 bits per heavy atom. The van der Waals surface area contributed by atoms with Gasteiger partial charge in [-0.25, -0.2) is 13.1 Å². The lowest BCUT2D eigenvalue weighted by molar-refractivity contribution is 0.541. The lowest BCUT2D eigenvalue weighted by Crippen LogP contribution is -2.37. The zero-order valence-electron chi connectivity index (χ0n) is 12.3. The van der Waals surface area contributed by atoms with E-state index in [0.717, 1.165) is 5.56 Å². The molecule has 0 saturated carbocycles. The maximum Gasteiger partial charge on any atom is 0.240 e. The molecule has 1 aromatic rings. The molecule has 0 amide bonds. The Morgan fingerprint density at radius 1 is 1.21 bits per heavy atom. The Hall–Kier alpha value is -0.910. The van der Waals surface area contributed by atoms with Crippen LogP contribution in [0.25, 0.3) is 0 Å². The molecule has 0 aliphatic rings. The third kappa shape index (κ3) is 4.30. The van der Waals surface area contributed by atoms with E-state index in [-0.39, 0.29) is 11.5 Å². The minimum atomic E-state index is -3.47. The summed E-state index contributed by atoms with van der Waals surface area (Å²) >= 11 is 0. The third-order valence-electron chi connectivity index (χ3n) is 3.06. The molecule has 0 heterocycles. The molecule has 0 aliphatic heterocycles. The second-order valence-corrected chi connectivity index (χ2v) is 7.52. The van der Waals surface area contributed by atoms with E-state index in [4.69, 9.17) is 0 Å². The largest absolute Gasteiger partial charge is 0.316 e. The van der Waals surface area contributed by atoms with E-state index in [2.05, 4.69) is 10.0 Å². The maximum absolute atomic E-state index is 12.4. The average Bonchev–Trinajstić information content (AvgIpc) is 2.35. The van der Waals surface area contributed by atoms with E-state index in [1.54, 1.807) is 12.1 Å². The van der Waals surface area contributed by atoms with Gasteiger partial charge in [0.25, 0.3) is 0 Å². The highest BCUT2D eigenvalue weighted by Crippen LogP contribution is 2.28. The number of hydrogen-bond acceptors (Lipinski definition) is 3. The van der Waals surface area contributed by atoms with Crippen molar-refractivity contribution in [1.29, 1.82) is 0 Å². The molecule has 108 valence electrons. The molecular formula is C14H24N2O2S. The van der Waals surface area contributed by atoms with Gasteiger partial charge in [-0.05, 0) is 31.0 Å². The summed E-state index contributed by atoms with van der Waals surface area (Å²) in [5, 5.41) is 3.01. The van der Waals surface area contributed by atoms with Crippen LogP contribution in [-0.2, 0) is 15.4 Å². The minimum Gasteiger partial charge on any atom is -0.316 e. The molecular weight excluding hydrogens is 260 g/mol. The minimum absolute atomic E-state index is 0.0940. The molecule has 0 aliphatic carbocycles. The molecule has 1 aromatic carbocycles. The van der Waals surface area contributed by atoms with E-state index in [0.29, 0.717) is 11.4 Å². The first-order valence-electron chi connectivity index (χ1n) is 6.45. The SMILES string of the molecule is CNC(C)CNS(=O)(=O)c1ccccc1C(C)(C)C. The molecule has 0 aromatic heterocycles. The van der Waals surface area contributed by atoms with Gasteiger partial charge in [0.2, 0.25) is 10.0 Å². The Balaban J connectivity index is 3.09. The topological polar surface area (TPSA) is 58.2 Å². The molecule has 1 rings (SSSR count). The number of rotatable bonds is 5. The molecule has 1 atom stereocenters.